The zero-order valence-electron chi connectivity index (χ0n) is 19.1. The molecule has 1 heterocycles. The average Bonchev–Trinajstić information content (AvgIpc) is 2.66. The van der Waals surface area contributed by atoms with Crippen molar-refractivity contribution in [3.63, 3.8) is 0 Å². The fourth-order valence-electron chi connectivity index (χ4n) is 5.13. The lowest BCUT2D eigenvalue weighted by Crippen LogP contribution is -2.48. The van der Waals surface area contributed by atoms with Gasteiger partial charge in [0, 0.05) is 6.07 Å². The summed E-state index contributed by atoms with van der Waals surface area (Å²) in [5.74, 6) is 0. The molecule has 1 aliphatic carbocycles. The molecule has 0 saturated heterocycles. The molecule has 1 nitrogen and oxygen atoms in total. The average molecular weight is 403 g/mol. The Morgan fingerprint density at radius 1 is 1.00 bits per heavy atom. The molecule has 1 aliphatic rings. The van der Waals surface area contributed by atoms with Crippen LogP contribution < -0.4 is 9.75 Å². The van der Waals surface area contributed by atoms with Gasteiger partial charge in [0.2, 0.25) is 5.69 Å². The lowest BCUT2D eigenvalue weighted by molar-refractivity contribution is -0.659. The molecule has 0 atom stereocenters. The van der Waals surface area contributed by atoms with Crippen LogP contribution in [0, 0.1) is 6.92 Å². The molecule has 4 rings (SSSR count). The summed E-state index contributed by atoms with van der Waals surface area (Å²) in [5.41, 5.74) is 8.08. The zero-order chi connectivity index (χ0) is 20.8. The van der Waals surface area contributed by atoms with E-state index < -0.39 is 8.07 Å². The van der Waals surface area contributed by atoms with Crippen molar-refractivity contribution in [2.75, 3.05) is 0 Å². The first kappa shape index (κ1) is 20.3. The SMILES string of the molecule is CCc1cc(CC)c(C)c(-c2c3ccc([Si](C)(C)C4CCC4)cc3cc[n+]2C)c1. The molecule has 0 bridgehead atoms. The van der Waals surface area contributed by atoms with Gasteiger partial charge in [-0.15, -0.1) is 0 Å². The Balaban J connectivity index is 1.91. The van der Waals surface area contributed by atoms with Gasteiger partial charge in [-0.25, -0.2) is 4.57 Å². The van der Waals surface area contributed by atoms with Crippen molar-refractivity contribution in [1.82, 2.24) is 0 Å². The molecule has 29 heavy (non-hydrogen) atoms. The predicted molar refractivity (Wildman–Crippen MR) is 129 cm³/mol. The van der Waals surface area contributed by atoms with Crippen molar-refractivity contribution in [3.8, 4) is 11.3 Å². The highest BCUT2D eigenvalue weighted by Crippen LogP contribution is 2.41. The van der Waals surface area contributed by atoms with E-state index in [1.165, 1.54) is 58.0 Å². The second-order valence-electron chi connectivity index (χ2n) is 9.56. The van der Waals surface area contributed by atoms with Crippen molar-refractivity contribution in [2.45, 2.75) is 71.5 Å². The predicted octanol–water partition coefficient (Wildman–Crippen LogP) is 6.23. The number of pyridine rings is 1. The van der Waals surface area contributed by atoms with E-state index in [1.54, 1.807) is 5.19 Å². The molecule has 0 unspecified atom stereocenters. The summed E-state index contributed by atoms with van der Waals surface area (Å²) in [7, 11) is 0.823. The number of rotatable bonds is 5. The van der Waals surface area contributed by atoms with Crippen molar-refractivity contribution < 1.29 is 4.57 Å². The minimum Gasteiger partial charge on any atom is -0.200 e. The number of fused-ring (bicyclic) bond motifs is 1. The lowest BCUT2D eigenvalue weighted by atomic mass is 9.92. The van der Waals surface area contributed by atoms with E-state index >= 15 is 0 Å². The zero-order valence-corrected chi connectivity index (χ0v) is 20.1. The highest BCUT2D eigenvalue weighted by molar-refractivity contribution is 6.91. The van der Waals surface area contributed by atoms with Crippen molar-refractivity contribution in [1.29, 1.82) is 0 Å². The fraction of sp³-hybridized carbons (Fsp3) is 0.444. The first-order chi connectivity index (χ1) is 13.9. The molecule has 1 saturated carbocycles. The maximum atomic E-state index is 2.57. The molecule has 0 N–H and O–H groups in total. The number of hydrogen-bond donors (Lipinski definition) is 0. The third-order valence-corrected chi connectivity index (χ3v) is 12.0. The molecule has 1 fully saturated rings. The first-order valence-electron chi connectivity index (χ1n) is 11.4. The van der Waals surface area contributed by atoms with Crippen molar-refractivity contribution in [3.05, 3.63) is 59.3 Å². The fourth-order valence-corrected chi connectivity index (χ4v) is 8.50. The number of aromatic nitrogens is 1. The number of nitrogens with zero attached hydrogens (tertiary/aromatic N) is 1. The Kier molecular flexibility index (Phi) is 5.41. The minimum absolute atomic E-state index is 0.967. The summed E-state index contributed by atoms with van der Waals surface area (Å²) in [6, 6.07) is 14.5. The summed E-state index contributed by atoms with van der Waals surface area (Å²) in [6.07, 6.45) is 8.74. The van der Waals surface area contributed by atoms with Gasteiger partial charge in [0.05, 0.1) is 19.0 Å². The monoisotopic (exact) mass is 402 g/mol. The molecule has 0 spiro atoms. The van der Waals surface area contributed by atoms with Gasteiger partial charge < -0.3 is 0 Å². The van der Waals surface area contributed by atoms with E-state index in [0.29, 0.717) is 0 Å². The molecule has 2 heteroatoms. The Morgan fingerprint density at radius 2 is 1.76 bits per heavy atom. The van der Waals surface area contributed by atoms with E-state index in [-0.39, 0.29) is 0 Å². The second-order valence-corrected chi connectivity index (χ2v) is 14.4. The van der Waals surface area contributed by atoms with Crippen LogP contribution >= 0.6 is 0 Å². The smallest absolute Gasteiger partial charge is 0.200 e. The van der Waals surface area contributed by atoms with E-state index in [0.717, 1.165) is 18.4 Å². The van der Waals surface area contributed by atoms with E-state index in [1.807, 2.05) is 0 Å². The first-order valence-corrected chi connectivity index (χ1v) is 14.5. The molecule has 1 aromatic heterocycles. The van der Waals surface area contributed by atoms with Gasteiger partial charge in [0.25, 0.3) is 0 Å². The van der Waals surface area contributed by atoms with Crippen LogP contribution in [0.5, 0.6) is 0 Å². The van der Waals surface area contributed by atoms with Crippen molar-refractivity contribution >= 4 is 24.0 Å². The van der Waals surface area contributed by atoms with E-state index in [4.69, 9.17) is 0 Å². The lowest BCUT2D eigenvalue weighted by Gasteiger charge is -2.39. The Morgan fingerprint density at radius 3 is 2.38 bits per heavy atom. The van der Waals surface area contributed by atoms with Crippen LogP contribution in [0.1, 0.15) is 49.8 Å². The summed E-state index contributed by atoms with van der Waals surface area (Å²) < 4.78 is 2.32. The van der Waals surface area contributed by atoms with E-state index in [2.05, 4.69) is 88.1 Å². The van der Waals surface area contributed by atoms with Gasteiger partial charge in [-0.05, 0) is 59.5 Å². The summed E-state index contributed by atoms with van der Waals surface area (Å²) in [6.45, 7) is 12.0. The maximum absolute atomic E-state index is 2.57. The van der Waals surface area contributed by atoms with Gasteiger partial charge in [-0.1, -0.05) is 69.6 Å². The summed E-state index contributed by atoms with van der Waals surface area (Å²) in [5, 5.41) is 4.41. The Hall–Kier alpha value is -1.93. The maximum Gasteiger partial charge on any atom is 0.220 e. The quantitative estimate of drug-likeness (QED) is 0.351. The van der Waals surface area contributed by atoms with Crippen LogP contribution in [0.3, 0.4) is 0 Å². The molecule has 0 radical (unpaired) electrons. The second kappa shape index (κ2) is 7.72. The summed E-state index contributed by atoms with van der Waals surface area (Å²) >= 11 is 0. The third-order valence-electron chi connectivity index (χ3n) is 7.63. The van der Waals surface area contributed by atoms with Crippen LogP contribution in [-0.4, -0.2) is 8.07 Å². The molecule has 152 valence electrons. The standard InChI is InChI=1S/C27H36NSi/c1-7-20-16-21(8-2)19(3)26(17-20)27-25-13-12-24(18-22(25)14-15-28(27)4)29(5,6)23-10-9-11-23/h12-18,23H,7-11H2,1-6H3/q+1. The topological polar surface area (TPSA) is 3.88 Å². The summed E-state index contributed by atoms with van der Waals surface area (Å²) in [4.78, 5) is 0. The van der Waals surface area contributed by atoms with Crippen LogP contribution in [0.2, 0.25) is 18.6 Å². The number of hydrogen-bond acceptors (Lipinski definition) is 0. The largest absolute Gasteiger partial charge is 0.220 e. The van der Waals surface area contributed by atoms with Crippen LogP contribution in [0.4, 0.5) is 0 Å². The molecular weight excluding hydrogens is 366 g/mol. The normalized spacial score (nSPS) is 15.0. The van der Waals surface area contributed by atoms with E-state index in [9.17, 15) is 0 Å². The Labute approximate surface area is 177 Å². The number of benzene rings is 2. The minimum atomic E-state index is -1.37. The van der Waals surface area contributed by atoms with Gasteiger partial charge in [0.15, 0.2) is 6.20 Å². The molecule has 0 amide bonds. The van der Waals surface area contributed by atoms with Crippen molar-refractivity contribution in [2.24, 2.45) is 7.05 Å². The van der Waals surface area contributed by atoms with Gasteiger partial charge in [-0.2, -0.15) is 0 Å². The third kappa shape index (κ3) is 3.46. The molecule has 2 aromatic carbocycles. The van der Waals surface area contributed by atoms with Gasteiger partial charge in [0.1, 0.15) is 7.05 Å². The highest BCUT2D eigenvalue weighted by Gasteiger charge is 2.37. The van der Waals surface area contributed by atoms with Gasteiger partial charge in [-0.3, -0.25) is 0 Å². The molecule has 0 aliphatic heterocycles. The molecular formula is C27H36NSi+. The van der Waals surface area contributed by atoms with Crippen LogP contribution in [0.15, 0.2) is 42.6 Å². The van der Waals surface area contributed by atoms with Crippen LogP contribution in [-0.2, 0) is 19.9 Å². The van der Waals surface area contributed by atoms with Gasteiger partial charge >= 0.3 is 0 Å². The highest BCUT2D eigenvalue weighted by atomic mass is 28.3. The number of aryl methyl sites for hydroxylation is 3. The molecule has 3 aromatic rings. The Bertz CT molecular complexity index is 1060. The van der Waals surface area contributed by atoms with Crippen LogP contribution in [0.25, 0.3) is 22.0 Å².